The molecule has 0 saturated heterocycles. The van der Waals surface area contributed by atoms with Gasteiger partial charge in [-0.15, -0.1) is 0 Å². The van der Waals surface area contributed by atoms with Gasteiger partial charge in [-0.2, -0.15) is 10.2 Å². The van der Waals surface area contributed by atoms with Crippen molar-refractivity contribution in [2.24, 2.45) is 10.2 Å². The largest absolute Gasteiger partial charge is 0.507 e. The molecule has 0 spiro atoms. The van der Waals surface area contributed by atoms with Gasteiger partial charge in [-0.3, -0.25) is 0 Å². The molecular weight excluding hydrogens is 284 g/mol. The van der Waals surface area contributed by atoms with Crippen molar-refractivity contribution in [3.8, 4) is 23.0 Å². The van der Waals surface area contributed by atoms with E-state index in [4.69, 9.17) is 9.47 Å². The predicted octanol–water partition coefficient (Wildman–Crippen LogP) is 2.57. The molecule has 0 aliphatic carbocycles. The Hall–Kier alpha value is -3.02. The fourth-order valence-corrected chi connectivity index (χ4v) is 1.79. The first-order valence-corrected chi connectivity index (χ1v) is 6.45. The Balaban J connectivity index is 2.22. The van der Waals surface area contributed by atoms with Crippen molar-refractivity contribution in [1.29, 1.82) is 0 Å². The van der Waals surface area contributed by atoms with Crippen LogP contribution in [-0.4, -0.2) is 36.9 Å². The van der Waals surface area contributed by atoms with Crippen LogP contribution in [0.25, 0.3) is 0 Å². The van der Waals surface area contributed by atoms with Gasteiger partial charge in [0.05, 0.1) is 32.2 Å². The van der Waals surface area contributed by atoms with E-state index in [0.29, 0.717) is 22.6 Å². The van der Waals surface area contributed by atoms with E-state index in [1.54, 1.807) is 30.3 Å². The van der Waals surface area contributed by atoms with Crippen molar-refractivity contribution in [3.05, 3.63) is 47.5 Å². The fourth-order valence-electron chi connectivity index (χ4n) is 1.79. The normalized spacial score (nSPS) is 11.2. The molecule has 0 aliphatic heterocycles. The third-order valence-corrected chi connectivity index (χ3v) is 2.94. The molecular formula is C16H16N2O4. The third kappa shape index (κ3) is 3.54. The highest BCUT2D eigenvalue weighted by molar-refractivity contribution is 5.89. The summed E-state index contributed by atoms with van der Waals surface area (Å²) in [6.07, 6.45) is 2.78. The van der Waals surface area contributed by atoms with Gasteiger partial charge in [0, 0.05) is 17.7 Å². The van der Waals surface area contributed by atoms with E-state index in [2.05, 4.69) is 10.2 Å². The van der Waals surface area contributed by atoms with E-state index in [1.807, 2.05) is 0 Å². The van der Waals surface area contributed by atoms with Crippen LogP contribution < -0.4 is 9.47 Å². The molecule has 0 saturated carbocycles. The average molecular weight is 300 g/mol. The zero-order valence-electron chi connectivity index (χ0n) is 12.2. The molecule has 2 aromatic rings. The first-order valence-electron chi connectivity index (χ1n) is 6.45. The number of aromatic hydroxyl groups is 2. The van der Waals surface area contributed by atoms with Crippen molar-refractivity contribution in [2.45, 2.75) is 0 Å². The number of methoxy groups -OCH3 is 2. The predicted molar refractivity (Wildman–Crippen MR) is 84.5 cm³/mol. The van der Waals surface area contributed by atoms with Crippen LogP contribution in [0, 0.1) is 0 Å². The third-order valence-electron chi connectivity index (χ3n) is 2.94. The van der Waals surface area contributed by atoms with Gasteiger partial charge >= 0.3 is 0 Å². The molecule has 2 rings (SSSR count). The SMILES string of the molecule is COc1cc(O)c(/C=N\N=C\c2ccccc2O)c(OC)c1. The van der Waals surface area contributed by atoms with Crippen LogP contribution in [0.4, 0.5) is 0 Å². The van der Waals surface area contributed by atoms with Gasteiger partial charge in [0.25, 0.3) is 0 Å². The van der Waals surface area contributed by atoms with Gasteiger partial charge < -0.3 is 19.7 Å². The van der Waals surface area contributed by atoms with Crippen molar-refractivity contribution in [2.75, 3.05) is 14.2 Å². The Morgan fingerprint density at radius 1 is 0.909 bits per heavy atom. The summed E-state index contributed by atoms with van der Waals surface area (Å²) in [5.41, 5.74) is 0.934. The Morgan fingerprint density at radius 2 is 1.64 bits per heavy atom. The van der Waals surface area contributed by atoms with Gasteiger partial charge in [0.2, 0.25) is 0 Å². The lowest BCUT2D eigenvalue weighted by atomic mass is 10.2. The Morgan fingerprint density at radius 3 is 2.32 bits per heavy atom. The van der Waals surface area contributed by atoms with Crippen molar-refractivity contribution >= 4 is 12.4 Å². The maximum absolute atomic E-state index is 9.95. The van der Waals surface area contributed by atoms with Crippen molar-refractivity contribution in [1.82, 2.24) is 0 Å². The molecule has 2 N–H and O–H groups in total. The van der Waals surface area contributed by atoms with E-state index in [9.17, 15) is 10.2 Å². The highest BCUT2D eigenvalue weighted by Gasteiger charge is 2.09. The number of nitrogens with zero attached hydrogens (tertiary/aromatic N) is 2. The van der Waals surface area contributed by atoms with E-state index in [0.717, 1.165) is 0 Å². The Kier molecular flexibility index (Phi) is 4.98. The topological polar surface area (TPSA) is 83.6 Å². The molecule has 22 heavy (non-hydrogen) atoms. The molecule has 0 heterocycles. The van der Waals surface area contributed by atoms with Gasteiger partial charge in [-0.05, 0) is 12.1 Å². The number of rotatable bonds is 5. The molecule has 0 aromatic heterocycles. The van der Waals surface area contributed by atoms with Crippen LogP contribution in [0.15, 0.2) is 46.6 Å². The van der Waals surface area contributed by atoms with E-state index in [1.165, 1.54) is 32.7 Å². The summed E-state index contributed by atoms with van der Waals surface area (Å²) in [6.45, 7) is 0. The lowest BCUT2D eigenvalue weighted by Crippen LogP contribution is -1.93. The molecule has 6 nitrogen and oxygen atoms in total. The number of hydrogen-bond acceptors (Lipinski definition) is 6. The molecule has 0 fully saturated rings. The minimum atomic E-state index is -0.0299. The van der Waals surface area contributed by atoms with Crippen molar-refractivity contribution in [3.63, 3.8) is 0 Å². The van der Waals surface area contributed by atoms with Gasteiger partial charge in [-0.1, -0.05) is 12.1 Å². The molecule has 0 radical (unpaired) electrons. The second-order valence-corrected chi connectivity index (χ2v) is 4.31. The molecule has 114 valence electrons. The Bertz CT molecular complexity index is 711. The summed E-state index contributed by atoms with van der Waals surface area (Å²) in [6, 6.07) is 9.85. The van der Waals surface area contributed by atoms with Crippen molar-refractivity contribution < 1.29 is 19.7 Å². The molecule has 0 bridgehead atoms. The molecule has 2 aromatic carbocycles. The molecule has 0 aliphatic rings. The number of phenols is 2. The highest BCUT2D eigenvalue weighted by Crippen LogP contribution is 2.31. The number of benzene rings is 2. The average Bonchev–Trinajstić information content (AvgIpc) is 2.53. The number of phenolic OH excluding ortho intramolecular Hbond substituents is 2. The van der Waals surface area contributed by atoms with E-state index in [-0.39, 0.29) is 11.5 Å². The monoisotopic (exact) mass is 300 g/mol. The van der Waals surface area contributed by atoms with E-state index < -0.39 is 0 Å². The quantitative estimate of drug-likeness (QED) is 0.656. The highest BCUT2D eigenvalue weighted by atomic mass is 16.5. The number of para-hydroxylation sites is 1. The maximum atomic E-state index is 9.95. The summed E-state index contributed by atoms with van der Waals surface area (Å²) in [5.74, 6) is 0.978. The zero-order valence-corrected chi connectivity index (χ0v) is 12.2. The van der Waals surface area contributed by atoms with Gasteiger partial charge in [-0.25, -0.2) is 0 Å². The molecule has 0 amide bonds. The minimum absolute atomic E-state index is 0.0299. The summed E-state index contributed by atoms with van der Waals surface area (Å²) in [4.78, 5) is 0. The van der Waals surface area contributed by atoms with Crippen LogP contribution in [-0.2, 0) is 0 Å². The summed E-state index contributed by atoms with van der Waals surface area (Å²) in [7, 11) is 2.98. The van der Waals surface area contributed by atoms with Gasteiger partial charge in [0.1, 0.15) is 23.0 Å². The van der Waals surface area contributed by atoms with Crippen LogP contribution in [0.2, 0.25) is 0 Å². The Labute approximate surface area is 128 Å². The second kappa shape index (κ2) is 7.12. The standard InChI is InChI=1S/C16H16N2O4/c1-21-12-7-15(20)13(16(8-12)22-2)10-18-17-9-11-5-3-4-6-14(11)19/h3-10,19-20H,1-2H3/b17-9+,18-10-. The second-order valence-electron chi connectivity index (χ2n) is 4.31. The summed E-state index contributed by atoms with van der Waals surface area (Å²) in [5, 5.41) is 27.2. The van der Waals surface area contributed by atoms with Crippen LogP contribution in [0.5, 0.6) is 23.0 Å². The summed E-state index contributed by atoms with van der Waals surface area (Å²) >= 11 is 0. The molecule has 0 atom stereocenters. The van der Waals surface area contributed by atoms with E-state index >= 15 is 0 Å². The fraction of sp³-hybridized carbons (Fsp3) is 0.125. The lowest BCUT2D eigenvalue weighted by molar-refractivity contribution is 0.384. The first kappa shape index (κ1) is 15.4. The first-order chi connectivity index (χ1) is 10.7. The number of hydrogen-bond donors (Lipinski definition) is 2. The zero-order chi connectivity index (χ0) is 15.9. The lowest BCUT2D eigenvalue weighted by Gasteiger charge is -2.08. The van der Waals surface area contributed by atoms with Crippen LogP contribution in [0.1, 0.15) is 11.1 Å². The molecule has 0 unspecified atom stereocenters. The summed E-state index contributed by atoms with van der Waals surface area (Å²) < 4.78 is 10.2. The van der Waals surface area contributed by atoms with Crippen LogP contribution >= 0.6 is 0 Å². The van der Waals surface area contributed by atoms with Crippen LogP contribution in [0.3, 0.4) is 0 Å². The van der Waals surface area contributed by atoms with Gasteiger partial charge in [0.15, 0.2) is 0 Å². The smallest absolute Gasteiger partial charge is 0.135 e. The molecule has 6 heteroatoms. The number of ether oxygens (including phenoxy) is 2. The minimum Gasteiger partial charge on any atom is -0.507 e. The maximum Gasteiger partial charge on any atom is 0.135 e.